The molecule has 1 saturated heterocycles. The number of methoxy groups -OCH3 is 1. The van der Waals surface area contributed by atoms with E-state index in [0.717, 1.165) is 45.0 Å². The lowest BCUT2D eigenvalue weighted by molar-refractivity contribution is -0.0309. The Balaban J connectivity index is 1.60. The van der Waals surface area contributed by atoms with Crippen LogP contribution in [0, 0.1) is 5.92 Å². The number of nitrogens with zero attached hydrogens (tertiary/aromatic N) is 2. The number of hydrogen-bond acceptors (Lipinski definition) is 4. The molecule has 0 spiro atoms. The summed E-state index contributed by atoms with van der Waals surface area (Å²) >= 11 is 0. The van der Waals surface area contributed by atoms with Gasteiger partial charge in [0.2, 0.25) is 0 Å². The highest BCUT2D eigenvalue weighted by atomic mass is 16.5. The van der Waals surface area contributed by atoms with E-state index in [-0.39, 0.29) is 6.10 Å². The summed E-state index contributed by atoms with van der Waals surface area (Å²) in [5.41, 5.74) is 4.09. The number of fused-ring (bicyclic) bond motifs is 1. The normalized spacial score (nSPS) is 22.9. The fourth-order valence-corrected chi connectivity index (χ4v) is 4.60. The highest BCUT2D eigenvalue weighted by Gasteiger charge is 2.37. The molecule has 2 aliphatic rings. The Bertz CT molecular complexity index is 774. The Labute approximate surface area is 169 Å². The van der Waals surface area contributed by atoms with Crippen molar-refractivity contribution in [3.8, 4) is 5.75 Å². The fourth-order valence-electron chi connectivity index (χ4n) is 4.60. The zero-order valence-corrected chi connectivity index (χ0v) is 17.3. The van der Waals surface area contributed by atoms with E-state index in [1.807, 2.05) is 0 Å². The summed E-state index contributed by atoms with van der Waals surface area (Å²) in [6.07, 6.45) is 1.16. The summed E-state index contributed by atoms with van der Waals surface area (Å²) in [5, 5.41) is 0. The van der Waals surface area contributed by atoms with Gasteiger partial charge in [0.25, 0.3) is 0 Å². The second-order valence-corrected chi connectivity index (χ2v) is 8.34. The van der Waals surface area contributed by atoms with Crippen molar-refractivity contribution in [2.24, 2.45) is 5.92 Å². The van der Waals surface area contributed by atoms with Gasteiger partial charge >= 0.3 is 0 Å². The second kappa shape index (κ2) is 8.54. The van der Waals surface area contributed by atoms with E-state index in [2.05, 4.69) is 72.2 Å². The molecule has 0 aromatic heterocycles. The van der Waals surface area contributed by atoms with Gasteiger partial charge in [-0.3, -0.25) is 4.90 Å². The lowest BCUT2D eigenvalue weighted by Gasteiger charge is -2.47. The fraction of sp³-hybridized carbons (Fsp3) is 0.500. The van der Waals surface area contributed by atoms with Crippen molar-refractivity contribution in [2.45, 2.75) is 32.4 Å². The van der Waals surface area contributed by atoms with Crippen molar-refractivity contribution in [3.05, 3.63) is 59.7 Å². The van der Waals surface area contributed by atoms with Crippen molar-refractivity contribution >= 4 is 5.69 Å². The van der Waals surface area contributed by atoms with Gasteiger partial charge in [0.05, 0.1) is 25.9 Å². The lowest BCUT2D eigenvalue weighted by atomic mass is 9.90. The van der Waals surface area contributed by atoms with E-state index in [1.165, 1.54) is 16.8 Å². The van der Waals surface area contributed by atoms with E-state index in [9.17, 15) is 0 Å². The first-order valence-electron chi connectivity index (χ1n) is 10.5. The third kappa shape index (κ3) is 4.03. The molecule has 0 bridgehead atoms. The monoisotopic (exact) mass is 380 g/mol. The van der Waals surface area contributed by atoms with Crippen LogP contribution >= 0.6 is 0 Å². The molecule has 0 saturated carbocycles. The Hall–Kier alpha value is -2.04. The van der Waals surface area contributed by atoms with Crippen molar-refractivity contribution in [3.63, 3.8) is 0 Å². The molecule has 2 aliphatic heterocycles. The summed E-state index contributed by atoms with van der Waals surface area (Å²) in [6, 6.07) is 17.6. The van der Waals surface area contributed by atoms with Gasteiger partial charge in [0, 0.05) is 31.9 Å². The van der Waals surface area contributed by atoms with Gasteiger partial charge in [-0.1, -0.05) is 38.1 Å². The summed E-state index contributed by atoms with van der Waals surface area (Å²) in [4.78, 5) is 5.15. The quantitative estimate of drug-likeness (QED) is 0.778. The van der Waals surface area contributed by atoms with Gasteiger partial charge in [0.15, 0.2) is 0 Å². The van der Waals surface area contributed by atoms with Crippen molar-refractivity contribution < 1.29 is 9.47 Å². The van der Waals surface area contributed by atoms with E-state index in [1.54, 1.807) is 7.11 Å². The third-order valence-corrected chi connectivity index (χ3v) is 5.95. The number of anilines is 1. The van der Waals surface area contributed by atoms with Crippen LogP contribution in [0.1, 0.15) is 31.1 Å². The molecule has 2 aromatic carbocycles. The van der Waals surface area contributed by atoms with E-state index < -0.39 is 0 Å². The largest absolute Gasteiger partial charge is 0.497 e. The first-order chi connectivity index (χ1) is 13.7. The zero-order chi connectivity index (χ0) is 19.5. The molecule has 150 valence electrons. The summed E-state index contributed by atoms with van der Waals surface area (Å²) in [5.74, 6) is 1.55. The number of hydrogen-bond donors (Lipinski definition) is 0. The Kier molecular flexibility index (Phi) is 5.88. The molecule has 2 unspecified atom stereocenters. The van der Waals surface area contributed by atoms with Crippen LogP contribution < -0.4 is 9.64 Å². The standard InChI is InChI=1S/C24H32N2O2/c1-18(2)16-26-14-13-25(20-8-10-21(27-3)11-9-20)17-23(26)24-22-7-5-4-6-19(22)12-15-28-24/h4-11,18,23-24H,12-17H2,1-3H3. The SMILES string of the molecule is COc1ccc(N2CCN(CC(C)C)C(C3OCCc4ccccc43)C2)cc1. The van der Waals surface area contributed by atoms with Crippen LogP contribution in [0.2, 0.25) is 0 Å². The van der Waals surface area contributed by atoms with E-state index in [4.69, 9.17) is 9.47 Å². The average Bonchev–Trinajstić information content (AvgIpc) is 2.73. The first-order valence-corrected chi connectivity index (χ1v) is 10.5. The molecular formula is C24H32N2O2. The molecule has 0 N–H and O–H groups in total. The molecular weight excluding hydrogens is 348 g/mol. The predicted octanol–water partition coefficient (Wildman–Crippen LogP) is 4.16. The maximum Gasteiger partial charge on any atom is 0.119 e. The van der Waals surface area contributed by atoms with Crippen LogP contribution in [0.5, 0.6) is 5.75 Å². The minimum absolute atomic E-state index is 0.143. The Morgan fingerprint density at radius 3 is 2.61 bits per heavy atom. The minimum atomic E-state index is 0.143. The lowest BCUT2D eigenvalue weighted by Crippen LogP contribution is -2.57. The number of rotatable bonds is 5. The molecule has 28 heavy (non-hydrogen) atoms. The Morgan fingerprint density at radius 1 is 1.07 bits per heavy atom. The molecule has 4 nitrogen and oxygen atoms in total. The van der Waals surface area contributed by atoms with Crippen molar-refractivity contribution in [1.29, 1.82) is 0 Å². The molecule has 2 aromatic rings. The van der Waals surface area contributed by atoms with Crippen LogP contribution in [0.15, 0.2) is 48.5 Å². The maximum absolute atomic E-state index is 6.39. The van der Waals surface area contributed by atoms with E-state index in [0.29, 0.717) is 12.0 Å². The summed E-state index contributed by atoms with van der Waals surface area (Å²) in [6.45, 7) is 9.64. The average molecular weight is 381 g/mol. The molecule has 4 rings (SSSR count). The Morgan fingerprint density at radius 2 is 1.86 bits per heavy atom. The van der Waals surface area contributed by atoms with Gasteiger partial charge in [-0.05, 0) is 47.7 Å². The number of ether oxygens (including phenoxy) is 2. The van der Waals surface area contributed by atoms with Crippen LogP contribution in [0.4, 0.5) is 5.69 Å². The number of piperazine rings is 1. The molecule has 0 aliphatic carbocycles. The van der Waals surface area contributed by atoms with Gasteiger partial charge in [-0.25, -0.2) is 0 Å². The summed E-state index contributed by atoms with van der Waals surface area (Å²) < 4.78 is 11.7. The smallest absolute Gasteiger partial charge is 0.119 e. The molecule has 0 radical (unpaired) electrons. The maximum atomic E-state index is 6.39. The van der Waals surface area contributed by atoms with Crippen LogP contribution in [-0.4, -0.2) is 50.8 Å². The molecule has 1 fully saturated rings. The first kappa shape index (κ1) is 19.3. The van der Waals surface area contributed by atoms with Crippen molar-refractivity contribution in [2.75, 3.05) is 44.8 Å². The van der Waals surface area contributed by atoms with Gasteiger partial charge in [-0.2, -0.15) is 0 Å². The molecule has 0 amide bonds. The van der Waals surface area contributed by atoms with Gasteiger partial charge < -0.3 is 14.4 Å². The number of benzene rings is 2. The second-order valence-electron chi connectivity index (χ2n) is 8.34. The van der Waals surface area contributed by atoms with Crippen molar-refractivity contribution in [1.82, 2.24) is 4.90 Å². The van der Waals surface area contributed by atoms with Crippen LogP contribution in [0.25, 0.3) is 0 Å². The highest BCUT2D eigenvalue weighted by Crippen LogP contribution is 2.35. The van der Waals surface area contributed by atoms with Gasteiger partial charge in [-0.15, -0.1) is 0 Å². The molecule has 2 heterocycles. The zero-order valence-electron chi connectivity index (χ0n) is 17.3. The highest BCUT2D eigenvalue weighted by molar-refractivity contribution is 5.50. The minimum Gasteiger partial charge on any atom is -0.497 e. The third-order valence-electron chi connectivity index (χ3n) is 5.95. The van der Waals surface area contributed by atoms with E-state index >= 15 is 0 Å². The van der Waals surface area contributed by atoms with Gasteiger partial charge in [0.1, 0.15) is 5.75 Å². The van der Waals surface area contributed by atoms with Crippen LogP contribution in [-0.2, 0) is 11.2 Å². The van der Waals surface area contributed by atoms with Crippen LogP contribution in [0.3, 0.4) is 0 Å². The predicted molar refractivity (Wildman–Crippen MR) is 114 cm³/mol. The molecule has 4 heteroatoms. The summed E-state index contributed by atoms with van der Waals surface area (Å²) in [7, 11) is 1.72. The topological polar surface area (TPSA) is 24.9 Å². The molecule has 2 atom stereocenters.